The highest BCUT2D eigenvalue weighted by Gasteiger charge is 2.28. The van der Waals surface area contributed by atoms with Gasteiger partial charge in [0.2, 0.25) is 5.91 Å². The van der Waals surface area contributed by atoms with Crippen LogP contribution in [0.3, 0.4) is 0 Å². The first-order valence-corrected chi connectivity index (χ1v) is 9.32. The van der Waals surface area contributed by atoms with Gasteiger partial charge in [0, 0.05) is 30.9 Å². The molecule has 0 radical (unpaired) electrons. The third kappa shape index (κ3) is 3.80. The Balaban J connectivity index is 1.94. The maximum atomic E-state index is 12.3. The average Bonchev–Trinajstić information content (AvgIpc) is 2.89. The van der Waals surface area contributed by atoms with E-state index in [0.29, 0.717) is 6.54 Å². The molecule has 112 valence electrons. The summed E-state index contributed by atoms with van der Waals surface area (Å²) < 4.78 is 23.1. The number of carbonyl (C=O) groups excluding carboxylic acids is 1. The van der Waals surface area contributed by atoms with Crippen LogP contribution in [0.25, 0.3) is 0 Å². The fourth-order valence-corrected chi connectivity index (χ4v) is 4.56. The predicted molar refractivity (Wildman–Crippen MR) is 80.6 cm³/mol. The van der Waals surface area contributed by atoms with Gasteiger partial charge in [-0.2, -0.15) is 0 Å². The SMILES string of the molecule is CC(c1cccs1)N(C)C(=O)CC1CS(=O)(=O)CCN1. The first-order chi connectivity index (χ1) is 9.39. The molecule has 20 heavy (non-hydrogen) atoms. The third-order valence-electron chi connectivity index (χ3n) is 3.65. The molecule has 1 aliphatic heterocycles. The van der Waals surface area contributed by atoms with Gasteiger partial charge in [0.25, 0.3) is 0 Å². The van der Waals surface area contributed by atoms with Gasteiger partial charge < -0.3 is 10.2 Å². The molecule has 1 N–H and O–H groups in total. The van der Waals surface area contributed by atoms with Crippen molar-refractivity contribution in [2.45, 2.75) is 25.4 Å². The second kappa shape index (κ2) is 6.24. The molecule has 1 saturated heterocycles. The molecule has 0 bridgehead atoms. The second-order valence-corrected chi connectivity index (χ2v) is 8.37. The Morgan fingerprint density at radius 3 is 2.95 bits per heavy atom. The van der Waals surface area contributed by atoms with Gasteiger partial charge >= 0.3 is 0 Å². The van der Waals surface area contributed by atoms with Crippen molar-refractivity contribution in [2.75, 3.05) is 25.1 Å². The highest BCUT2D eigenvalue weighted by Crippen LogP contribution is 2.24. The number of hydrogen-bond donors (Lipinski definition) is 1. The minimum atomic E-state index is -3.00. The maximum Gasteiger partial charge on any atom is 0.224 e. The predicted octanol–water partition coefficient (Wildman–Crippen LogP) is 1.04. The molecule has 1 aromatic rings. The fraction of sp³-hybridized carbons (Fsp3) is 0.615. The first-order valence-electron chi connectivity index (χ1n) is 6.62. The Morgan fingerprint density at radius 2 is 2.35 bits per heavy atom. The lowest BCUT2D eigenvalue weighted by atomic mass is 10.1. The highest BCUT2D eigenvalue weighted by molar-refractivity contribution is 7.91. The van der Waals surface area contributed by atoms with Crippen molar-refractivity contribution in [3.8, 4) is 0 Å². The van der Waals surface area contributed by atoms with Crippen molar-refractivity contribution < 1.29 is 13.2 Å². The summed E-state index contributed by atoms with van der Waals surface area (Å²) in [5.74, 6) is 0.194. The van der Waals surface area contributed by atoms with Gasteiger partial charge in [-0.25, -0.2) is 8.42 Å². The first kappa shape index (κ1) is 15.5. The topological polar surface area (TPSA) is 66.5 Å². The van der Waals surface area contributed by atoms with E-state index in [2.05, 4.69) is 5.32 Å². The van der Waals surface area contributed by atoms with E-state index in [1.54, 1.807) is 23.3 Å². The van der Waals surface area contributed by atoms with Crippen molar-refractivity contribution >= 4 is 27.1 Å². The zero-order valence-electron chi connectivity index (χ0n) is 11.7. The van der Waals surface area contributed by atoms with E-state index in [-0.39, 0.29) is 35.9 Å². The van der Waals surface area contributed by atoms with Crippen molar-refractivity contribution in [3.63, 3.8) is 0 Å². The third-order valence-corrected chi connectivity index (χ3v) is 6.43. The van der Waals surface area contributed by atoms with Crippen LogP contribution in [-0.4, -0.2) is 50.4 Å². The minimum Gasteiger partial charge on any atom is -0.338 e. The average molecular weight is 316 g/mol. The van der Waals surface area contributed by atoms with E-state index in [0.717, 1.165) is 4.88 Å². The van der Waals surface area contributed by atoms with Gasteiger partial charge in [0.05, 0.1) is 17.5 Å². The number of carbonyl (C=O) groups is 1. The van der Waals surface area contributed by atoms with Crippen molar-refractivity contribution in [2.24, 2.45) is 0 Å². The van der Waals surface area contributed by atoms with Crippen LogP contribution < -0.4 is 5.32 Å². The van der Waals surface area contributed by atoms with E-state index < -0.39 is 9.84 Å². The summed E-state index contributed by atoms with van der Waals surface area (Å²) >= 11 is 1.62. The molecule has 1 amide bonds. The Kier molecular flexibility index (Phi) is 4.82. The lowest BCUT2D eigenvalue weighted by Crippen LogP contribution is -2.47. The highest BCUT2D eigenvalue weighted by atomic mass is 32.2. The van der Waals surface area contributed by atoms with E-state index in [1.807, 2.05) is 24.4 Å². The van der Waals surface area contributed by atoms with Gasteiger partial charge in [0.1, 0.15) is 0 Å². The van der Waals surface area contributed by atoms with E-state index in [1.165, 1.54) is 0 Å². The van der Waals surface area contributed by atoms with Crippen molar-refractivity contribution in [1.82, 2.24) is 10.2 Å². The summed E-state index contributed by atoms with van der Waals surface area (Å²) in [7, 11) is -1.23. The summed E-state index contributed by atoms with van der Waals surface area (Å²) in [5, 5.41) is 5.10. The molecule has 2 rings (SSSR count). The summed E-state index contributed by atoms with van der Waals surface area (Å²) in [4.78, 5) is 15.1. The van der Waals surface area contributed by atoms with E-state index >= 15 is 0 Å². The number of nitrogens with one attached hydrogen (secondary N) is 1. The lowest BCUT2D eigenvalue weighted by Gasteiger charge is -2.28. The van der Waals surface area contributed by atoms with E-state index in [4.69, 9.17) is 0 Å². The van der Waals surface area contributed by atoms with Gasteiger partial charge in [0.15, 0.2) is 9.84 Å². The van der Waals surface area contributed by atoms with E-state index in [9.17, 15) is 13.2 Å². The Labute approximate surface area is 123 Å². The van der Waals surface area contributed by atoms with Gasteiger partial charge in [-0.15, -0.1) is 11.3 Å². The molecule has 1 aliphatic rings. The molecule has 0 saturated carbocycles. The molecule has 0 aromatic carbocycles. The van der Waals surface area contributed by atoms with Crippen LogP contribution in [0.1, 0.15) is 24.3 Å². The maximum absolute atomic E-state index is 12.3. The molecular formula is C13H20N2O3S2. The smallest absolute Gasteiger partial charge is 0.224 e. The summed E-state index contributed by atoms with van der Waals surface area (Å²) in [6.45, 7) is 2.42. The summed E-state index contributed by atoms with van der Waals surface area (Å²) in [6.07, 6.45) is 0.228. The molecule has 0 aliphatic carbocycles. The molecule has 7 heteroatoms. The molecule has 2 atom stereocenters. The lowest BCUT2D eigenvalue weighted by molar-refractivity contribution is -0.132. The van der Waals surface area contributed by atoms with Gasteiger partial charge in [-0.3, -0.25) is 4.79 Å². The van der Waals surface area contributed by atoms with Crippen LogP contribution in [0.15, 0.2) is 17.5 Å². The molecule has 2 heterocycles. The number of rotatable bonds is 4. The molecular weight excluding hydrogens is 296 g/mol. The Morgan fingerprint density at radius 1 is 1.60 bits per heavy atom. The van der Waals surface area contributed by atoms with Crippen molar-refractivity contribution in [1.29, 1.82) is 0 Å². The largest absolute Gasteiger partial charge is 0.338 e. The second-order valence-electron chi connectivity index (χ2n) is 5.17. The van der Waals surface area contributed by atoms with Gasteiger partial charge in [-0.05, 0) is 18.4 Å². The zero-order valence-corrected chi connectivity index (χ0v) is 13.3. The minimum absolute atomic E-state index is 0.0164. The quantitative estimate of drug-likeness (QED) is 0.901. The number of amides is 1. The summed E-state index contributed by atoms with van der Waals surface area (Å²) in [5.41, 5.74) is 0. The van der Waals surface area contributed by atoms with Crippen LogP contribution >= 0.6 is 11.3 Å². The number of hydrogen-bond acceptors (Lipinski definition) is 5. The molecule has 1 aromatic heterocycles. The fourth-order valence-electron chi connectivity index (χ4n) is 2.29. The standard InChI is InChI=1S/C13H20N2O3S2/c1-10(12-4-3-6-19-12)15(2)13(16)8-11-9-20(17,18)7-5-14-11/h3-4,6,10-11,14H,5,7-9H2,1-2H3. The van der Waals surface area contributed by atoms with Crippen molar-refractivity contribution in [3.05, 3.63) is 22.4 Å². The monoisotopic (exact) mass is 316 g/mol. The number of thiophene rings is 1. The summed E-state index contributed by atoms with van der Waals surface area (Å²) in [6, 6.07) is 3.72. The number of sulfone groups is 1. The normalized spacial score (nSPS) is 23.2. The Hall–Kier alpha value is -0.920. The van der Waals surface area contributed by atoms with Crippen LogP contribution in [0.2, 0.25) is 0 Å². The van der Waals surface area contributed by atoms with Crippen LogP contribution in [0, 0.1) is 0 Å². The molecule has 1 fully saturated rings. The van der Waals surface area contributed by atoms with Gasteiger partial charge in [-0.1, -0.05) is 6.07 Å². The van der Waals surface area contributed by atoms with Crippen LogP contribution in [-0.2, 0) is 14.6 Å². The van der Waals surface area contributed by atoms with Crippen LogP contribution in [0.5, 0.6) is 0 Å². The van der Waals surface area contributed by atoms with Crippen LogP contribution in [0.4, 0.5) is 0 Å². The zero-order chi connectivity index (χ0) is 14.8. The number of nitrogens with zero attached hydrogens (tertiary/aromatic N) is 1. The molecule has 2 unspecified atom stereocenters. The molecule has 0 spiro atoms. The Bertz CT molecular complexity index is 554. The molecule has 5 nitrogen and oxygen atoms in total.